The third kappa shape index (κ3) is 3.98. The molecule has 0 radical (unpaired) electrons. The quantitative estimate of drug-likeness (QED) is 0.875. The standard InChI is InChI=1S/C15H20N2O3/c16-14(18)10-12-6-2-3-7-13(12)20-11-15(19)17-8-4-1-5-9-17/h2-3,6-7H,1,4-5,8-11H2,(H2,16,18). The van der Waals surface area contributed by atoms with Gasteiger partial charge in [0.25, 0.3) is 5.91 Å². The van der Waals surface area contributed by atoms with Crippen LogP contribution < -0.4 is 10.5 Å². The van der Waals surface area contributed by atoms with Gasteiger partial charge in [0.15, 0.2) is 6.61 Å². The summed E-state index contributed by atoms with van der Waals surface area (Å²) < 4.78 is 5.55. The van der Waals surface area contributed by atoms with Gasteiger partial charge in [-0.05, 0) is 25.3 Å². The van der Waals surface area contributed by atoms with Crippen molar-refractivity contribution >= 4 is 11.8 Å². The van der Waals surface area contributed by atoms with Crippen LogP contribution in [-0.2, 0) is 16.0 Å². The van der Waals surface area contributed by atoms with Crippen molar-refractivity contribution in [2.45, 2.75) is 25.7 Å². The first kappa shape index (κ1) is 14.4. The molecule has 1 heterocycles. The molecule has 1 aromatic carbocycles. The molecule has 1 aliphatic rings. The van der Waals surface area contributed by atoms with Gasteiger partial charge in [0, 0.05) is 18.7 Å². The van der Waals surface area contributed by atoms with Gasteiger partial charge in [0.1, 0.15) is 5.75 Å². The van der Waals surface area contributed by atoms with Gasteiger partial charge >= 0.3 is 0 Å². The first-order valence-electron chi connectivity index (χ1n) is 6.93. The zero-order chi connectivity index (χ0) is 14.4. The highest BCUT2D eigenvalue weighted by molar-refractivity contribution is 5.79. The van der Waals surface area contributed by atoms with Crippen molar-refractivity contribution < 1.29 is 14.3 Å². The lowest BCUT2D eigenvalue weighted by Crippen LogP contribution is -2.38. The zero-order valence-corrected chi connectivity index (χ0v) is 11.5. The van der Waals surface area contributed by atoms with Crippen molar-refractivity contribution in [3.63, 3.8) is 0 Å². The van der Waals surface area contributed by atoms with E-state index in [1.807, 2.05) is 17.0 Å². The van der Waals surface area contributed by atoms with Crippen LogP contribution in [-0.4, -0.2) is 36.4 Å². The fraction of sp³-hybridized carbons (Fsp3) is 0.467. The molecule has 1 fully saturated rings. The molecule has 0 aliphatic carbocycles. The lowest BCUT2D eigenvalue weighted by molar-refractivity contribution is -0.134. The number of para-hydroxylation sites is 1. The zero-order valence-electron chi connectivity index (χ0n) is 11.5. The summed E-state index contributed by atoms with van der Waals surface area (Å²) in [6.07, 6.45) is 3.42. The number of carbonyl (C=O) groups excluding carboxylic acids is 2. The van der Waals surface area contributed by atoms with E-state index in [0.29, 0.717) is 11.3 Å². The van der Waals surface area contributed by atoms with Gasteiger partial charge in [-0.25, -0.2) is 0 Å². The predicted molar refractivity (Wildman–Crippen MR) is 75.3 cm³/mol. The molecule has 0 atom stereocenters. The SMILES string of the molecule is NC(=O)Cc1ccccc1OCC(=O)N1CCCCC1. The maximum absolute atomic E-state index is 12.0. The minimum atomic E-state index is -0.414. The van der Waals surface area contributed by atoms with Crippen molar-refractivity contribution in [2.24, 2.45) is 5.73 Å². The highest BCUT2D eigenvalue weighted by Gasteiger charge is 2.17. The Labute approximate surface area is 118 Å². The molecule has 5 heteroatoms. The van der Waals surface area contributed by atoms with E-state index in [0.717, 1.165) is 25.9 Å². The second kappa shape index (κ2) is 6.93. The Morgan fingerprint density at radius 2 is 1.85 bits per heavy atom. The molecular formula is C15H20N2O3. The molecule has 0 bridgehead atoms. The summed E-state index contributed by atoms with van der Waals surface area (Å²) in [6.45, 7) is 1.63. The van der Waals surface area contributed by atoms with Crippen LogP contribution in [0.2, 0.25) is 0 Å². The molecule has 20 heavy (non-hydrogen) atoms. The number of rotatable bonds is 5. The average molecular weight is 276 g/mol. The lowest BCUT2D eigenvalue weighted by atomic mass is 10.1. The minimum Gasteiger partial charge on any atom is -0.483 e. The monoisotopic (exact) mass is 276 g/mol. The molecule has 0 saturated carbocycles. The molecule has 2 rings (SSSR count). The van der Waals surface area contributed by atoms with Crippen LogP contribution >= 0.6 is 0 Å². The van der Waals surface area contributed by atoms with E-state index < -0.39 is 5.91 Å². The van der Waals surface area contributed by atoms with Crippen LogP contribution in [0.1, 0.15) is 24.8 Å². The minimum absolute atomic E-state index is 0.00132. The van der Waals surface area contributed by atoms with Crippen LogP contribution in [0.15, 0.2) is 24.3 Å². The molecule has 1 aromatic rings. The van der Waals surface area contributed by atoms with E-state index >= 15 is 0 Å². The van der Waals surface area contributed by atoms with Gasteiger partial charge in [-0.15, -0.1) is 0 Å². The molecule has 1 aliphatic heterocycles. The molecular weight excluding hydrogens is 256 g/mol. The first-order valence-corrected chi connectivity index (χ1v) is 6.93. The van der Waals surface area contributed by atoms with Gasteiger partial charge < -0.3 is 15.4 Å². The molecule has 108 valence electrons. The third-order valence-corrected chi connectivity index (χ3v) is 3.40. The number of amides is 2. The summed E-state index contributed by atoms with van der Waals surface area (Å²) in [4.78, 5) is 24.8. The van der Waals surface area contributed by atoms with Crippen LogP contribution in [0, 0.1) is 0 Å². The fourth-order valence-corrected chi connectivity index (χ4v) is 2.35. The molecule has 0 aromatic heterocycles. The topological polar surface area (TPSA) is 72.6 Å². The number of primary amides is 1. The molecule has 1 saturated heterocycles. The summed E-state index contributed by atoms with van der Waals surface area (Å²) in [7, 11) is 0. The number of hydrogen-bond acceptors (Lipinski definition) is 3. The van der Waals surface area contributed by atoms with E-state index in [9.17, 15) is 9.59 Å². The Morgan fingerprint density at radius 1 is 1.15 bits per heavy atom. The second-order valence-corrected chi connectivity index (χ2v) is 4.98. The molecule has 2 N–H and O–H groups in total. The Morgan fingerprint density at radius 3 is 2.55 bits per heavy atom. The van der Waals surface area contributed by atoms with E-state index in [4.69, 9.17) is 10.5 Å². The van der Waals surface area contributed by atoms with Crippen LogP contribution in [0.5, 0.6) is 5.75 Å². The van der Waals surface area contributed by atoms with E-state index in [1.54, 1.807) is 12.1 Å². The first-order chi connectivity index (χ1) is 9.66. The van der Waals surface area contributed by atoms with Crippen LogP contribution in [0.25, 0.3) is 0 Å². The van der Waals surface area contributed by atoms with E-state index in [1.165, 1.54) is 6.42 Å². The maximum atomic E-state index is 12.0. The number of hydrogen-bond donors (Lipinski definition) is 1. The number of likely N-dealkylation sites (tertiary alicyclic amines) is 1. The number of ether oxygens (including phenoxy) is 1. The van der Waals surface area contributed by atoms with Gasteiger partial charge in [0.05, 0.1) is 6.42 Å². The number of nitrogens with two attached hydrogens (primary N) is 1. The molecule has 0 unspecified atom stereocenters. The largest absolute Gasteiger partial charge is 0.483 e. The van der Waals surface area contributed by atoms with Crippen molar-refractivity contribution in [2.75, 3.05) is 19.7 Å². The van der Waals surface area contributed by atoms with Crippen LogP contribution in [0.4, 0.5) is 0 Å². The third-order valence-electron chi connectivity index (χ3n) is 3.40. The van der Waals surface area contributed by atoms with E-state index in [-0.39, 0.29) is 18.9 Å². The van der Waals surface area contributed by atoms with Crippen LogP contribution in [0.3, 0.4) is 0 Å². The Balaban J connectivity index is 1.92. The summed E-state index contributed by atoms with van der Waals surface area (Å²) in [5, 5.41) is 0. The average Bonchev–Trinajstić information content (AvgIpc) is 2.46. The molecule has 2 amide bonds. The predicted octanol–water partition coefficient (Wildman–Crippen LogP) is 1.11. The molecule has 0 spiro atoms. The van der Waals surface area contributed by atoms with Gasteiger partial charge in [-0.2, -0.15) is 0 Å². The number of nitrogens with zero attached hydrogens (tertiary/aromatic N) is 1. The van der Waals surface area contributed by atoms with Gasteiger partial charge in [-0.3, -0.25) is 9.59 Å². The number of carbonyl (C=O) groups is 2. The Kier molecular flexibility index (Phi) is 4.98. The lowest BCUT2D eigenvalue weighted by Gasteiger charge is -2.26. The normalized spacial score (nSPS) is 14.9. The van der Waals surface area contributed by atoms with E-state index in [2.05, 4.69) is 0 Å². The number of piperidine rings is 1. The highest BCUT2D eigenvalue weighted by atomic mass is 16.5. The maximum Gasteiger partial charge on any atom is 0.260 e. The number of benzene rings is 1. The summed E-state index contributed by atoms with van der Waals surface area (Å²) >= 11 is 0. The smallest absolute Gasteiger partial charge is 0.260 e. The van der Waals surface area contributed by atoms with Crippen molar-refractivity contribution in [1.82, 2.24) is 4.90 Å². The fourth-order valence-electron chi connectivity index (χ4n) is 2.35. The summed E-state index contributed by atoms with van der Waals surface area (Å²) in [5.41, 5.74) is 5.91. The van der Waals surface area contributed by atoms with Gasteiger partial charge in [-0.1, -0.05) is 18.2 Å². The second-order valence-electron chi connectivity index (χ2n) is 4.98. The Bertz CT molecular complexity index is 482. The van der Waals surface area contributed by atoms with Crippen molar-refractivity contribution in [1.29, 1.82) is 0 Å². The molecule has 5 nitrogen and oxygen atoms in total. The van der Waals surface area contributed by atoms with Crippen molar-refractivity contribution in [3.8, 4) is 5.75 Å². The summed E-state index contributed by atoms with van der Waals surface area (Å²) in [5.74, 6) is 0.138. The highest BCUT2D eigenvalue weighted by Crippen LogP contribution is 2.18. The summed E-state index contributed by atoms with van der Waals surface area (Å²) in [6, 6.07) is 7.16. The van der Waals surface area contributed by atoms with Gasteiger partial charge in [0.2, 0.25) is 5.91 Å². The Hall–Kier alpha value is -2.04. The van der Waals surface area contributed by atoms with Crippen molar-refractivity contribution in [3.05, 3.63) is 29.8 Å².